The molecular formula is C15H20N4O3S. The molecule has 0 atom stereocenters. The second kappa shape index (κ2) is 6.27. The topological polar surface area (TPSA) is 84.6 Å². The molecular weight excluding hydrogens is 316 g/mol. The van der Waals surface area contributed by atoms with Gasteiger partial charge in [-0.1, -0.05) is 25.3 Å². The van der Waals surface area contributed by atoms with Crippen LogP contribution in [0.3, 0.4) is 0 Å². The Morgan fingerprint density at radius 3 is 2.74 bits per heavy atom. The van der Waals surface area contributed by atoms with Gasteiger partial charge in [-0.2, -0.15) is 0 Å². The van der Waals surface area contributed by atoms with Gasteiger partial charge in [0.2, 0.25) is 15.7 Å². The van der Waals surface area contributed by atoms with Crippen molar-refractivity contribution < 1.29 is 13.2 Å². The smallest absolute Gasteiger partial charge is 0.254 e. The summed E-state index contributed by atoms with van der Waals surface area (Å²) < 4.78 is 26.5. The number of hydrogen-bond donors (Lipinski definition) is 0. The third kappa shape index (κ3) is 3.21. The lowest BCUT2D eigenvalue weighted by molar-refractivity contribution is -0.129. The average Bonchev–Trinajstić information content (AvgIpc) is 2.99. The first kappa shape index (κ1) is 15.9. The van der Waals surface area contributed by atoms with Crippen LogP contribution in [0.4, 0.5) is 0 Å². The Morgan fingerprint density at radius 1 is 1.26 bits per heavy atom. The summed E-state index contributed by atoms with van der Waals surface area (Å²) in [7, 11) is -2.14. The SMILES string of the molecule is CN(C(=O)CS(=O)(=O)c1nnc2ccccn12)C1CCCCC1. The van der Waals surface area contributed by atoms with Crippen LogP contribution in [0, 0.1) is 0 Å². The molecule has 124 valence electrons. The number of sulfone groups is 1. The number of carbonyl (C=O) groups is 1. The highest BCUT2D eigenvalue weighted by Crippen LogP contribution is 2.22. The summed E-state index contributed by atoms with van der Waals surface area (Å²) in [6, 6.07) is 5.26. The summed E-state index contributed by atoms with van der Waals surface area (Å²) >= 11 is 0. The normalized spacial score (nSPS) is 16.6. The number of amides is 1. The van der Waals surface area contributed by atoms with Crippen LogP contribution in [0.25, 0.3) is 5.65 Å². The lowest BCUT2D eigenvalue weighted by atomic mass is 9.94. The molecule has 1 fully saturated rings. The van der Waals surface area contributed by atoms with Crippen molar-refractivity contribution in [2.24, 2.45) is 0 Å². The van der Waals surface area contributed by atoms with Crippen LogP contribution in [-0.2, 0) is 14.6 Å². The predicted molar refractivity (Wildman–Crippen MR) is 84.7 cm³/mol. The van der Waals surface area contributed by atoms with Crippen LogP contribution in [0.1, 0.15) is 32.1 Å². The zero-order chi connectivity index (χ0) is 16.4. The molecule has 2 heterocycles. The van der Waals surface area contributed by atoms with E-state index in [0.29, 0.717) is 5.65 Å². The minimum atomic E-state index is -3.83. The van der Waals surface area contributed by atoms with Crippen molar-refractivity contribution in [1.29, 1.82) is 0 Å². The van der Waals surface area contributed by atoms with E-state index in [1.54, 1.807) is 36.3 Å². The zero-order valence-corrected chi connectivity index (χ0v) is 13.9. The number of pyridine rings is 1. The van der Waals surface area contributed by atoms with Crippen LogP contribution < -0.4 is 0 Å². The molecule has 1 saturated carbocycles. The van der Waals surface area contributed by atoms with E-state index in [2.05, 4.69) is 10.2 Å². The van der Waals surface area contributed by atoms with Crippen LogP contribution in [0.15, 0.2) is 29.6 Å². The summed E-state index contributed by atoms with van der Waals surface area (Å²) in [5.74, 6) is -0.958. The van der Waals surface area contributed by atoms with Gasteiger partial charge in [0.1, 0.15) is 5.75 Å². The lowest BCUT2D eigenvalue weighted by Crippen LogP contribution is -2.41. The molecule has 1 aliphatic rings. The van der Waals surface area contributed by atoms with Gasteiger partial charge in [0.15, 0.2) is 5.65 Å². The van der Waals surface area contributed by atoms with Gasteiger partial charge < -0.3 is 4.90 Å². The van der Waals surface area contributed by atoms with Crippen molar-refractivity contribution in [3.05, 3.63) is 24.4 Å². The number of nitrogens with zero attached hydrogens (tertiary/aromatic N) is 4. The fraction of sp³-hybridized carbons (Fsp3) is 0.533. The standard InChI is InChI=1S/C15H20N4O3S/c1-18(12-7-3-2-4-8-12)14(20)11-23(21,22)15-17-16-13-9-5-6-10-19(13)15/h5-6,9-10,12H,2-4,7-8,11H2,1H3. The van der Waals surface area contributed by atoms with Gasteiger partial charge in [-0.25, -0.2) is 8.42 Å². The van der Waals surface area contributed by atoms with Gasteiger partial charge in [-0.3, -0.25) is 9.20 Å². The number of carbonyl (C=O) groups excluding carboxylic acids is 1. The second-order valence-corrected chi connectivity index (χ2v) is 7.85. The molecule has 0 N–H and O–H groups in total. The quantitative estimate of drug-likeness (QED) is 0.840. The first-order valence-corrected chi connectivity index (χ1v) is 9.42. The highest BCUT2D eigenvalue weighted by atomic mass is 32.2. The summed E-state index contributed by atoms with van der Waals surface area (Å²) in [5.41, 5.74) is 0.444. The number of rotatable bonds is 4. The number of aromatic nitrogens is 3. The van der Waals surface area contributed by atoms with Crippen LogP contribution in [0.5, 0.6) is 0 Å². The molecule has 0 bridgehead atoms. The Labute approximate surface area is 135 Å². The van der Waals surface area contributed by atoms with Crippen LogP contribution >= 0.6 is 0 Å². The Balaban J connectivity index is 1.79. The molecule has 0 radical (unpaired) electrons. The Bertz CT molecular complexity index is 809. The van der Waals surface area contributed by atoms with Gasteiger partial charge in [-0.05, 0) is 25.0 Å². The van der Waals surface area contributed by atoms with E-state index >= 15 is 0 Å². The third-order valence-electron chi connectivity index (χ3n) is 4.39. The molecule has 0 aliphatic heterocycles. The molecule has 1 aliphatic carbocycles. The van der Waals surface area contributed by atoms with Gasteiger partial charge in [0.25, 0.3) is 5.16 Å². The molecule has 0 aromatic carbocycles. The first-order valence-electron chi connectivity index (χ1n) is 7.77. The van der Waals surface area contributed by atoms with E-state index in [4.69, 9.17) is 0 Å². The van der Waals surface area contributed by atoms with E-state index in [1.807, 2.05) is 0 Å². The van der Waals surface area contributed by atoms with Crippen molar-refractivity contribution in [3.63, 3.8) is 0 Å². The van der Waals surface area contributed by atoms with E-state index in [-0.39, 0.29) is 17.1 Å². The minimum Gasteiger partial charge on any atom is -0.342 e. The molecule has 7 nitrogen and oxygen atoms in total. The van der Waals surface area contributed by atoms with Gasteiger partial charge in [0.05, 0.1) is 0 Å². The fourth-order valence-electron chi connectivity index (χ4n) is 3.03. The highest BCUT2D eigenvalue weighted by Gasteiger charge is 2.29. The highest BCUT2D eigenvalue weighted by molar-refractivity contribution is 7.91. The van der Waals surface area contributed by atoms with Crippen molar-refractivity contribution in [1.82, 2.24) is 19.5 Å². The molecule has 0 unspecified atom stereocenters. The van der Waals surface area contributed by atoms with Crippen molar-refractivity contribution in [2.75, 3.05) is 12.8 Å². The van der Waals surface area contributed by atoms with Crippen LogP contribution in [-0.4, -0.2) is 52.7 Å². The fourth-order valence-corrected chi connectivity index (χ4v) is 4.31. The Morgan fingerprint density at radius 2 is 2.00 bits per heavy atom. The van der Waals surface area contributed by atoms with Gasteiger partial charge in [-0.15, -0.1) is 10.2 Å². The summed E-state index contributed by atoms with van der Waals surface area (Å²) in [6.45, 7) is 0. The predicted octanol–water partition coefficient (Wildman–Crippen LogP) is 1.29. The van der Waals surface area contributed by atoms with E-state index in [0.717, 1.165) is 25.7 Å². The zero-order valence-electron chi connectivity index (χ0n) is 13.1. The monoisotopic (exact) mass is 336 g/mol. The molecule has 2 aromatic heterocycles. The first-order chi connectivity index (χ1) is 11.0. The molecule has 1 amide bonds. The summed E-state index contributed by atoms with van der Waals surface area (Å²) in [6.07, 6.45) is 6.82. The molecule has 23 heavy (non-hydrogen) atoms. The molecule has 0 spiro atoms. The second-order valence-electron chi connectivity index (χ2n) is 5.97. The molecule has 8 heteroatoms. The number of fused-ring (bicyclic) bond motifs is 1. The van der Waals surface area contributed by atoms with Gasteiger partial charge in [0, 0.05) is 19.3 Å². The maximum Gasteiger partial charge on any atom is 0.254 e. The third-order valence-corrected chi connectivity index (χ3v) is 5.85. The number of hydrogen-bond acceptors (Lipinski definition) is 5. The van der Waals surface area contributed by atoms with E-state index in [1.165, 1.54) is 10.8 Å². The maximum absolute atomic E-state index is 12.5. The molecule has 0 saturated heterocycles. The van der Waals surface area contributed by atoms with E-state index < -0.39 is 15.6 Å². The molecule has 2 aromatic rings. The summed E-state index contributed by atoms with van der Waals surface area (Å²) in [5, 5.41) is 7.40. The van der Waals surface area contributed by atoms with Crippen molar-refractivity contribution >= 4 is 21.4 Å². The summed E-state index contributed by atoms with van der Waals surface area (Å²) in [4.78, 5) is 14.0. The lowest BCUT2D eigenvalue weighted by Gasteiger charge is -2.31. The van der Waals surface area contributed by atoms with E-state index in [9.17, 15) is 13.2 Å². The van der Waals surface area contributed by atoms with Crippen LogP contribution in [0.2, 0.25) is 0 Å². The Hall–Kier alpha value is -1.96. The Kier molecular flexibility index (Phi) is 4.34. The average molecular weight is 336 g/mol. The van der Waals surface area contributed by atoms with Crippen molar-refractivity contribution in [2.45, 2.75) is 43.3 Å². The maximum atomic E-state index is 12.5. The largest absolute Gasteiger partial charge is 0.342 e. The van der Waals surface area contributed by atoms with Crippen molar-refractivity contribution in [3.8, 4) is 0 Å². The van der Waals surface area contributed by atoms with Gasteiger partial charge >= 0.3 is 0 Å². The molecule has 3 rings (SSSR count). The minimum absolute atomic E-state index is 0.140.